The zero-order chi connectivity index (χ0) is 12.3. The number of hydrogen-bond donors (Lipinski definition) is 1. The minimum Gasteiger partial charge on any atom is -0.319 e. The van der Waals surface area contributed by atoms with Gasteiger partial charge in [-0.1, -0.05) is 0 Å². The van der Waals surface area contributed by atoms with E-state index >= 15 is 0 Å². The van der Waals surface area contributed by atoms with Crippen LogP contribution in [0, 0.1) is 5.92 Å². The maximum absolute atomic E-state index is 12.2. The molecule has 1 saturated heterocycles. The highest BCUT2D eigenvalue weighted by Gasteiger charge is 2.34. The van der Waals surface area contributed by atoms with E-state index in [0.717, 1.165) is 13.0 Å². The fraction of sp³-hybridized carbons (Fsp3) is 1.00. The van der Waals surface area contributed by atoms with Crippen molar-refractivity contribution in [1.82, 2.24) is 13.9 Å². The van der Waals surface area contributed by atoms with Crippen molar-refractivity contribution in [3.8, 4) is 0 Å². The lowest BCUT2D eigenvalue weighted by Gasteiger charge is -2.26. The van der Waals surface area contributed by atoms with Gasteiger partial charge in [-0.3, -0.25) is 0 Å². The van der Waals surface area contributed by atoms with Crippen LogP contribution >= 0.6 is 12.4 Å². The third-order valence-electron chi connectivity index (χ3n) is 3.16. The van der Waals surface area contributed by atoms with Crippen molar-refractivity contribution >= 4 is 22.6 Å². The normalized spacial score (nSPS) is 22.1. The van der Waals surface area contributed by atoms with Crippen LogP contribution in [0.25, 0.3) is 0 Å². The summed E-state index contributed by atoms with van der Waals surface area (Å²) in [6.07, 6.45) is 0.950. The lowest BCUT2D eigenvalue weighted by molar-refractivity contribution is 0.353. The Kier molecular flexibility index (Phi) is 6.94. The van der Waals surface area contributed by atoms with Gasteiger partial charge in [0.2, 0.25) is 0 Å². The second-order valence-electron chi connectivity index (χ2n) is 4.69. The topological polar surface area (TPSA) is 52.7 Å². The van der Waals surface area contributed by atoms with Crippen molar-refractivity contribution in [2.45, 2.75) is 26.3 Å². The van der Waals surface area contributed by atoms with E-state index in [1.54, 1.807) is 11.4 Å². The molecule has 1 unspecified atom stereocenters. The molecule has 1 heterocycles. The van der Waals surface area contributed by atoms with Gasteiger partial charge in [0, 0.05) is 26.2 Å². The molecular weight excluding hydrogens is 262 g/mol. The smallest absolute Gasteiger partial charge is 0.281 e. The van der Waals surface area contributed by atoms with Gasteiger partial charge >= 0.3 is 0 Å². The van der Waals surface area contributed by atoms with E-state index in [9.17, 15) is 8.42 Å². The van der Waals surface area contributed by atoms with Gasteiger partial charge in [-0.05, 0) is 39.8 Å². The summed E-state index contributed by atoms with van der Waals surface area (Å²) in [5, 5.41) is 3.10. The third-order valence-corrected chi connectivity index (χ3v) is 5.29. The number of halogens is 1. The van der Waals surface area contributed by atoms with Gasteiger partial charge in [-0.25, -0.2) is 0 Å². The van der Waals surface area contributed by atoms with E-state index in [4.69, 9.17) is 0 Å². The summed E-state index contributed by atoms with van der Waals surface area (Å²) in [5.74, 6) is 0.445. The quantitative estimate of drug-likeness (QED) is 0.802. The van der Waals surface area contributed by atoms with Crippen LogP contribution in [-0.4, -0.2) is 56.8 Å². The van der Waals surface area contributed by atoms with E-state index in [0.29, 0.717) is 19.0 Å². The summed E-state index contributed by atoms with van der Waals surface area (Å²) in [5.41, 5.74) is 0. The highest BCUT2D eigenvalue weighted by Crippen LogP contribution is 2.21. The van der Waals surface area contributed by atoms with Gasteiger partial charge in [0.1, 0.15) is 0 Å². The molecule has 0 amide bonds. The molecule has 7 heteroatoms. The van der Waals surface area contributed by atoms with Crippen LogP contribution in [0.1, 0.15) is 20.3 Å². The van der Waals surface area contributed by atoms with Gasteiger partial charge in [0.25, 0.3) is 10.2 Å². The van der Waals surface area contributed by atoms with E-state index in [2.05, 4.69) is 5.32 Å². The Balaban J connectivity index is 0.00000256. The van der Waals surface area contributed by atoms with Gasteiger partial charge in [0.05, 0.1) is 0 Å². The van der Waals surface area contributed by atoms with Crippen molar-refractivity contribution in [1.29, 1.82) is 0 Å². The van der Waals surface area contributed by atoms with Crippen molar-refractivity contribution in [3.63, 3.8) is 0 Å². The fourth-order valence-electron chi connectivity index (χ4n) is 1.91. The first kappa shape index (κ1) is 17.1. The highest BCUT2D eigenvalue weighted by atomic mass is 35.5. The minimum atomic E-state index is -3.25. The van der Waals surface area contributed by atoms with Gasteiger partial charge < -0.3 is 5.32 Å². The van der Waals surface area contributed by atoms with Gasteiger partial charge in [0.15, 0.2) is 0 Å². The average Bonchev–Trinajstić information content (AvgIpc) is 2.66. The Labute approximate surface area is 111 Å². The summed E-state index contributed by atoms with van der Waals surface area (Å²) in [4.78, 5) is 0. The predicted molar refractivity (Wildman–Crippen MR) is 72.7 cm³/mol. The molecule has 104 valence electrons. The molecule has 1 aliphatic heterocycles. The molecule has 1 N–H and O–H groups in total. The van der Waals surface area contributed by atoms with Gasteiger partial charge in [-0.15, -0.1) is 12.4 Å². The first-order valence-corrected chi connectivity index (χ1v) is 7.17. The molecule has 0 saturated carbocycles. The van der Waals surface area contributed by atoms with Crippen molar-refractivity contribution in [2.24, 2.45) is 5.92 Å². The molecule has 0 aromatic heterocycles. The molecule has 0 aromatic carbocycles. The fourth-order valence-corrected chi connectivity index (χ4v) is 3.54. The third kappa shape index (κ3) is 4.06. The predicted octanol–water partition coefficient (Wildman–Crippen LogP) is 0.534. The zero-order valence-corrected chi connectivity index (χ0v) is 12.6. The molecule has 1 aliphatic rings. The maximum Gasteiger partial charge on any atom is 0.281 e. The van der Waals surface area contributed by atoms with Crippen LogP contribution < -0.4 is 5.32 Å². The second kappa shape index (κ2) is 6.89. The molecule has 1 fully saturated rings. The number of hydrogen-bond acceptors (Lipinski definition) is 3. The van der Waals surface area contributed by atoms with Crippen molar-refractivity contribution in [2.75, 3.05) is 33.7 Å². The van der Waals surface area contributed by atoms with E-state index in [-0.39, 0.29) is 18.4 Å². The maximum atomic E-state index is 12.2. The zero-order valence-electron chi connectivity index (χ0n) is 11.0. The van der Waals surface area contributed by atoms with E-state index in [1.807, 2.05) is 20.9 Å². The van der Waals surface area contributed by atoms with E-state index in [1.165, 1.54) is 4.31 Å². The van der Waals surface area contributed by atoms with Crippen molar-refractivity contribution in [3.05, 3.63) is 0 Å². The summed E-state index contributed by atoms with van der Waals surface area (Å²) in [7, 11) is 0.294. The Morgan fingerprint density at radius 1 is 1.47 bits per heavy atom. The number of rotatable bonds is 5. The summed E-state index contributed by atoms with van der Waals surface area (Å²) < 4.78 is 27.3. The van der Waals surface area contributed by atoms with E-state index < -0.39 is 10.2 Å². The van der Waals surface area contributed by atoms with Crippen LogP contribution in [0.15, 0.2) is 0 Å². The lowest BCUT2D eigenvalue weighted by atomic mass is 10.1. The van der Waals surface area contributed by atoms with Gasteiger partial charge in [-0.2, -0.15) is 17.0 Å². The van der Waals surface area contributed by atoms with Crippen molar-refractivity contribution < 1.29 is 8.42 Å². The average molecular weight is 286 g/mol. The molecule has 17 heavy (non-hydrogen) atoms. The second-order valence-corrected chi connectivity index (χ2v) is 6.68. The van der Waals surface area contributed by atoms with Crippen LogP contribution in [0.2, 0.25) is 0 Å². The molecule has 0 bridgehead atoms. The molecule has 0 spiro atoms. The molecule has 5 nitrogen and oxygen atoms in total. The van der Waals surface area contributed by atoms with Crippen LogP contribution in [-0.2, 0) is 10.2 Å². The van der Waals surface area contributed by atoms with Crippen LogP contribution in [0.3, 0.4) is 0 Å². The largest absolute Gasteiger partial charge is 0.319 e. The Hall–Kier alpha value is 0.120. The summed E-state index contributed by atoms with van der Waals surface area (Å²) in [6, 6.07) is 0.00773. The Morgan fingerprint density at radius 2 is 2.06 bits per heavy atom. The molecule has 1 rings (SSSR count). The SMILES string of the molecule is CNCC1CCN(S(=O)(=O)N(C)C(C)C)C1.Cl. The molecule has 0 aliphatic carbocycles. The molecule has 0 aromatic rings. The first-order valence-electron chi connectivity index (χ1n) is 5.77. The first-order chi connectivity index (χ1) is 7.39. The summed E-state index contributed by atoms with van der Waals surface area (Å²) in [6.45, 7) is 5.95. The lowest BCUT2D eigenvalue weighted by Crippen LogP contribution is -2.44. The number of nitrogens with zero attached hydrogens (tertiary/aromatic N) is 2. The molecule has 0 radical (unpaired) electrons. The molecule has 1 atom stereocenters. The van der Waals surface area contributed by atoms with Crippen LogP contribution in [0.5, 0.6) is 0 Å². The standard InChI is InChI=1S/C10H23N3O2S.ClH/c1-9(2)12(4)16(14,15)13-6-5-10(8-13)7-11-3;/h9-11H,5-8H2,1-4H3;1H. The Bertz CT molecular complexity index is 322. The monoisotopic (exact) mass is 285 g/mol. The summed E-state index contributed by atoms with van der Waals surface area (Å²) >= 11 is 0. The van der Waals surface area contributed by atoms with Crippen LogP contribution in [0.4, 0.5) is 0 Å². The minimum absolute atomic E-state index is 0. The number of nitrogens with one attached hydrogen (secondary N) is 1. The Morgan fingerprint density at radius 3 is 2.53 bits per heavy atom. The molecular formula is C10H24ClN3O2S. The highest BCUT2D eigenvalue weighted by molar-refractivity contribution is 7.86.